The van der Waals surface area contributed by atoms with Crippen molar-refractivity contribution >= 4 is 15.9 Å². The monoisotopic (exact) mass is 418 g/mol. The maximum atomic E-state index is 9.49. The van der Waals surface area contributed by atoms with Gasteiger partial charge >= 0.3 is 0 Å². The fourth-order valence-corrected chi connectivity index (χ4v) is 2.80. The Morgan fingerprint density at radius 1 is 1.19 bits per heavy atom. The number of nitrogens with zero attached hydrogens (tertiary/aromatic N) is 2. The smallest absolute Gasteiger partial charge is 0.106 e. The maximum Gasteiger partial charge on any atom is 0.106 e. The van der Waals surface area contributed by atoms with E-state index in [0.717, 1.165) is 48.0 Å². The minimum atomic E-state index is -0.482. The van der Waals surface area contributed by atoms with Gasteiger partial charge < -0.3 is 0 Å². The van der Waals surface area contributed by atoms with Crippen LogP contribution in [0.4, 0.5) is 0 Å². The number of unbranched alkanes of at least 4 members (excludes halogenated alkanes) is 2. The molecule has 3 heteroatoms. The summed E-state index contributed by atoms with van der Waals surface area (Å²) in [7, 11) is 0. The summed E-state index contributed by atoms with van der Waals surface area (Å²) < 4.78 is 0.882. The number of hydrogen-bond donors (Lipinski definition) is 0. The van der Waals surface area contributed by atoms with Crippen LogP contribution in [0.3, 0.4) is 0 Å². The molecule has 0 aromatic carbocycles. The Morgan fingerprint density at radius 3 is 2.35 bits per heavy atom. The van der Waals surface area contributed by atoms with Crippen LogP contribution in [0.25, 0.3) is 0 Å². The molecule has 0 aliphatic heterocycles. The van der Waals surface area contributed by atoms with Crippen molar-refractivity contribution in [1.29, 1.82) is 5.26 Å². The fourth-order valence-electron chi connectivity index (χ4n) is 2.42. The molecule has 1 rings (SSSR count). The molecule has 0 amide bonds. The molecule has 26 heavy (non-hydrogen) atoms. The van der Waals surface area contributed by atoms with Crippen LogP contribution in [0.1, 0.15) is 66.0 Å². The van der Waals surface area contributed by atoms with E-state index in [-0.39, 0.29) is 0 Å². The Kier molecular flexibility index (Phi) is 17.2. The van der Waals surface area contributed by atoms with Gasteiger partial charge in [-0.3, -0.25) is 0 Å². The maximum absolute atomic E-state index is 9.49. The first-order valence-electron chi connectivity index (χ1n) is 9.54. The summed E-state index contributed by atoms with van der Waals surface area (Å²) in [6.45, 7) is 17.5. The van der Waals surface area contributed by atoms with Crippen molar-refractivity contribution in [2.45, 2.75) is 66.7 Å². The minimum Gasteiger partial charge on any atom is -0.246 e. The summed E-state index contributed by atoms with van der Waals surface area (Å²) in [5, 5.41) is 9.49. The van der Waals surface area contributed by atoms with E-state index in [1.165, 1.54) is 0 Å². The Balaban J connectivity index is 0. The van der Waals surface area contributed by atoms with E-state index < -0.39 is 5.41 Å². The second-order valence-electron chi connectivity index (χ2n) is 5.52. The van der Waals surface area contributed by atoms with E-state index in [1.807, 2.05) is 58.9 Å². The van der Waals surface area contributed by atoms with Gasteiger partial charge in [0.1, 0.15) is 4.60 Å². The lowest BCUT2D eigenvalue weighted by atomic mass is 9.78. The lowest BCUT2D eigenvalue weighted by molar-refractivity contribution is 0.456. The molecule has 2 nitrogen and oxygen atoms in total. The Bertz CT molecular complexity index is 584. The van der Waals surface area contributed by atoms with Gasteiger partial charge in [0.05, 0.1) is 11.5 Å². The van der Waals surface area contributed by atoms with Crippen LogP contribution in [-0.2, 0) is 6.42 Å². The molecule has 0 saturated heterocycles. The number of hydrogen-bond acceptors (Lipinski definition) is 2. The van der Waals surface area contributed by atoms with Crippen molar-refractivity contribution in [3.05, 3.63) is 65.5 Å². The SMILES string of the molecule is C=C/C=C(\C=C)C(C)(C#N)CCCCCc1cccc(Br)n1.CC.CC. The molecule has 0 aliphatic rings. The molecular weight excluding hydrogens is 384 g/mol. The van der Waals surface area contributed by atoms with Gasteiger partial charge in [-0.05, 0) is 59.8 Å². The number of nitriles is 1. The average molecular weight is 419 g/mol. The highest BCUT2D eigenvalue weighted by atomic mass is 79.9. The van der Waals surface area contributed by atoms with Gasteiger partial charge in [-0.2, -0.15) is 5.26 Å². The van der Waals surface area contributed by atoms with Gasteiger partial charge in [0.15, 0.2) is 0 Å². The molecule has 0 fully saturated rings. The average Bonchev–Trinajstić information content (AvgIpc) is 2.68. The quantitative estimate of drug-likeness (QED) is 0.232. The first kappa shape index (κ1) is 26.6. The first-order valence-corrected chi connectivity index (χ1v) is 10.3. The lowest BCUT2D eigenvalue weighted by Gasteiger charge is -2.22. The van der Waals surface area contributed by atoms with Crippen molar-refractivity contribution in [2.24, 2.45) is 5.41 Å². The topological polar surface area (TPSA) is 36.7 Å². The number of rotatable bonds is 9. The van der Waals surface area contributed by atoms with Crippen molar-refractivity contribution in [2.75, 3.05) is 0 Å². The summed E-state index contributed by atoms with van der Waals surface area (Å²) in [6.07, 6.45) is 10.3. The molecule has 144 valence electrons. The first-order chi connectivity index (χ1) is 12.6. The summed E-state index contributed by atoms with van der Waals surface area (Å²) in [5.74, 6) is 0. The van der Waals surface area contributed by atoms with Crippen molar-refractivity contribution in [1.82, 2.24) is 4.98 Å². The van der Waals surface area contributed by atoms with Gasteiger partial charge in [-0.15, -0.1) is 0 Å². The molecule has 0 N–H and O–H groups in total. The van der Waals surface area contributed by atoms with Crippen LogP contribution in [0.2, 0.25) is 0 Å². The molecule has 0 saturated carbocycles. The fraction of sp³-hybridized carbons (Fsp3) is 0.478. The molecule has 1 aromatic heterocycles. The van der Waals surface area contributed by atoms with Crippen LogP contribution in [-0.4, -0.2) is 4.98 Å². The van der Waals surface area contributed by atoms with Crippen LogP contribution >= 0.6 is 15.9 Å². The second kappa shape index (κ2) is 16.8. The highest BCUT2D eigenvalue weighted by Gasteiger charge is 2.26. The van der Waals surface area contributed by atoms with Gasteiger partial charge in [0.25, 0.3) is 0 Å². The second-order valence-corrected chi connectivity index (χ2v) is 6.33. The van der Waals surface area contributed by atoms with E-state index in [4.69, 9.17) is 0 Å². The molecule has 0 radical (unpaired) electrons. The van der Waals surface area contributed by atoms with E-state index in [2.05, 4.69) is 40.1 Å². The predicted octanol–water partition coefficient (Wildman–Crippen LogP) is 7.83. The van der Waals surface area contributed by atoms with Gasteiger partial charge in [-0.1, -0.05) is 78.0 Å². The third-order valence-electron chi connectivity index (χ3n) is 3.78. The third kappa shape index (κ3) is 10.4. The summed E-state index contributed by atoms with van der Waals surface area (Å²) in [4.78, 5) is 4.43. The van der Waals surface area contributed by atoms with E-state index >= 15 is 0 Å². The number of allylic oxidation sites excluding steroid dienone is 4. The number of pyridine rings is 1. The molecule has 0 bridgehead atoms. The van der Waals surface area contributed by atoms with Crippen LogP contribution in [0, 0.1) is 16.7 Å². The molecule has 1 unspecified atom stereocenters. The zero-order chi connectivity index (χ0) is 20.4. The van der Waals surface area contributed by atoms with Gasteiger partial charge in [0.2, 0.25) is 0 Å². The number of aromatic nitrogens is 1. The highest BCUT2D eigenvalue weighted by Crippen LogP contribution is 2.33. The van der Waals surface area contributed by atoms with E-state index in [0.29, 0.717) is 0 Å². The molecule has 1 aromatic rings. The Labute approximate surface area is 169 Å². The third-order valence-corrected chi connectivity index (χ3v) is 4.23. The predicted molar refractivity (Wildman–Crippen MR) is 119 cm³/mol. The van der Waals surface area contributed by atoms with E-state index in [9.17, 15) is 5.26 Å². The summed E-state index contributed by atoms with van der Waals surface area (Å²) in [6, 6.07) is 8.42. The molecule has 0 spiro atoms. The van der Waals surface area contributed by atoms with E-state index in [1.54, 1.807) is 12.2 Å². The largest absolute Gasteiger partial charge is 0.246 e. The molecule has 0 aliphatic carbocycles. The molecule has 1 atom stereocenters. The van der Waals surface area contributed by atoms with Crippen LogP contribution in [0.15, 0.2) is 59.8 Å². The van der Waals surface area contributed by atoms with Crippen molar-refractivity contribution in [3.63, 3.8) is 0 Å². The van der Waals surface area contributed by atoms with Crippen LogP contribution in [0.5, 0.6) is 0 Å². The zero-order valence-corrected chi connectivity index (χ0v) is 18.8. The van der Waals surface area contributed by atoms with Crippen molar-refractivity contribution < 1.29 is 0 Å². The standard InChI is InChI=1S/C19H23BrN2.2C2H6/c1-4-10-16(5-2)19(3,15-21)14-8-6-7-11-17-12-9-13-18(20)22-17;2*1-2/h4-5,9-10,12-13H,1-2,6-8,11,14H2,3H3;2*1-2H3/b16-10+;;. The zero-order valence-electron chi connectivity index (χ0n) is 17.2. The van der Waals surface area contributed by atoms with Crippen molar-refractivity contribution in [3.8, 4) is 6.07 Å². The number of aryl methyl sites for hydroxylation is 1. The van der Waals surface area contributed by atoms with Gasteiger partial charge in [0, 0.05) is 5.69 Å². The normalized spacial score (nSPS) is 12.3. The number of halogens is 1. The lowest BCUT2D eigenvalue weighted by Crippen LogP contribution is -2.16. The Hall–Kier alpha value is -1.66. The highest BCUT2D eigenvalue weighted by molar-refractivity contribution is 9.10. The van der Waals surface area contributed by atoms with Gasteiger partial charge in [-0.25, -0.2) is 4.98 Å². The van der Waals surface area contributed by atoms with Crippen LogP contribution < -0.4 is 0 Å². The molecule has 1 heterocycles. The summed E-state index contributed by atoms with van der Waals surface area (Å²) in [5.41, 5.74) is 1.57. The Morgan fingerprint density at radius 2 is 1.85 bits per heavy atom. The molecular formula is C23H35BrN2. The summed E-state index contributed by atoms with van der Waals surface area (Å²) >= 11 is 3.39. The minimum absolute atomic E-state index is 0.482.